The first-order chi connectivity index (χ1) is 6.31. The van der Waals surface area contributed by atoms with Gasteiger partial charge in [0.15, 0.2) is 0 Å². The van der Waals surface area contributed by atoms with E-state index in [1.54, 1.807) is 17.4 Å². The van der Waals surface area contributed by atoms with Crippen molar-refractivity contribution in [2.45, 2.75) is 5.25 Å². The summed E-state index contributed by atoms with van der Waals surface area (Å²) >= 11 is 6.03. The van der Waals surface area contributed by atoms with Crippen molar-refractivity contribution in [1.82, 2.24) is 4.98 Å². The predicted octanol–water partition coefficient (Wildman–Crippen LogP) is 3.45. The van der Waals surface area contributed by atoms with Gasteiger partial charge in [-0.15, -0.1) is 17.9 Å². The van der Waals surface area contributed by atoms with Crippen LogP contribution >= 0.6 is 24.0 Å². The van der Waals surface area contributed by atoms with Crippen molar-refractivity contribution in [3.8, 4) is 0 Å². The standard InChI is InChI=1S/C10H9NS2/c1-2-8(12)10-11-7-5-3-4-6-9(7)13-10/h2-6,8,12H,1H2. The first kappa shape index (κ1) is 8.78. The fourth-order valence-corrected chi connectivity index (χ4v) is 2.28. The van der Waals surface area contributed by atoms with Crippen LogP contribution in [0.3, 0.4) is 0 Å². The quantitative estimate of drug-likeness (QED) is 0.588. The van der Waals surface area contributed by atoms with E-state index in [0.717, 1.165) is 10.5 Å². The van der Waals surface area contributed by atoms with E-state index in [2.05, 4.69) is 30.3 Å². The molecule has 2 rings (SSSR count). The molecule has 1 nitrogen and oxygen atoms in total. The fraction of sp³-hybridized carbons (Fsp3) is 0.100. The highest BCUT2D eigenvalue weighted by atomic mass is 32.1. The van der Waals surface area contributed by atoms with Crippen molar-refractivity contribution in [1.29, 1.82) is 0 Å². The fourth-order valence-electron chi connectivity index (χ4n) is 1.12. The highest BCUT2D eigenvalue weighted by Crippen LogP contribution is 2.29. The maximum Gasteiger partial charge on any atom is 0.110 e. The van der Waals surface area contributed by atoms with Gasteiger partial charge >= 0.3 is 0 Å². The average Bonchev–Trinajstić information content (AvgIpc) is 2.59. The zero-order valence-electron chi connectivity index (χ0n) is 6.97. The topological polar surface area (TPSA) is 12.9 Å². The van der Waals surface area contributed by atoms with Crippen LogP contribution in [0.15, 0.2) is 36.9 Å². The maximum atomic E-state index is 4.45. The summed E-state index contributed by atoms with van der Waals surface area (Å²) in [6, 6.07) is 8.10. The number of thiol groups is 1. The van der Waals surface area contributed by atoms with Crippen LogP contribution in [-0.4, -0.2) is 4.98 Å². The molecule has 0 aliphatic carbocycles. The zero-order chi connectivity index (χ0) is 9.26. The van der Waals surface area contributed by atoms with Crippen LogP contribution < -0.4 is 0 Å². The second-order valence-corrected chi connectivity index (χ2v) is 4.32. The van der Waals surface area contributed by atoms with E-state index in [-0.39, 0.29) is 5.25 Å². The predicted molar refractivity (Wildman–Crippen MR) is 61.5 cm³/mol. The van der Waals surface area contributed by atoms with Crippen molar-refractivity contribution < 1.29 is 0 Å². The van der Waals surface area contributed by atoms with E-state index in [0.29, 0.717) is 0 Å². The van der Waals surface area contributed by atoms with Gasteiger partial charge in [-0.25, -0.2) is 4.98 Å². The summed E-state index contributed by atoms with van der Waals surface area (Å²) in [6.07, 6.45) is 1.79. The monoisotopic (exact) mass is 207 g/mol. The van der Waals surface area contributed by atoms with Gasteiger partial charge in [0.05, 0.1) is 15.5 Å². The highest BCUT2D eigenvalue weighted by molar-refractivity contribution is 7.80. The van der Waals surface area contributed by atoms with Crippen LogP contribution in [0.5, 0.6) is 0 Å². The molecular weight excluding hydrogens is 198 g/mol. The molecule has 66 valence electrons. The summed E-state index contributed by atoms with van der Waals surface area (Å²) in [5.74, 6) is 0. The van der Waals surface area contributed by atoms with Crippen LogP contribution in [-0.2, 0) is 0 Å². The molecule has 2 aromatic rings. The van der Waals surface area contributed by atoms with E-state index in [1.807, 2.05) is 18.2 Å². The first-order valence-electron chi connectivity index (χ1n) is 3.97. The number of thiazole rings is 1. The van der Waals surface area contributed by atoms with E-state index in [4.69, 9.17) is 0 Å². The number of para-hydroxylation sites is 1. The van der Waals surface area contributed by atoms with Gasteiger partial charge in [-0.3, -0.25) is 0 Å². The average molecular weight is 207 g/mol. The molecule has 1 aromatic carbocycles. The Morgan fingerprint density at radius 2 is 2.23 bits per heavy atom. The van der Waals surface area contributed by atoms with Crippen LogP contribution in [0.2, 0.25) is 0 Å². The smallest absolute Gasteiger partial charge is 0.110 e. The Bertz CT molecular complexity index is 400. The van der Waals surface area contributed by atoms with Crippen LogP contribution in [0.4, 0.5) is 0 Å². The number of aromatic nitrogens is 1. The summed E-state index contributed by atoms with van der Waals surface area (Å²) in [5, 5.41) is 1.07. The maximum absolute atomic E-state index is 4.45. The Labute approximate surface area is 86.5 Å². The molecule has 0 aliphatic heterocycles. The summed E-state index contributed by atoms with van der Waals surface area (Å²) in [5.41, 5.74) is 1.04. The van der Waals surface area contributed by atoms with Gasteiger partial charge in [0, 0.05) is 0 Å². The molecular formula is C10H9NS2. The third-order valence-electron chi connectivity index (χ3n) is 1.79. The minimum absolute atomic E-state index is 0.0531. The Balaban J connectivity index is 2.55. The lowest BCUT2D eigenvalue weighted by Crippen LogP contribution is -1.81. The van der Waals surface area contributed by atoms with Crippen molar-refractivity contribution in [2.24, 2.45) is 0 Å². The number of benzene rings is 1. The molecule has 1 heterocycles. The minimum atomic E-state index is 0.0531. The van der Waals surface area contributed by atoms with E-state index >= 15 is 0 Å². The third kappa shape index (κ3) is 1.62. The van der Waals surface area contributed by atoms with E-state index in [9.17, 15) is 0 Å². The highest BCUT2D eigenvalue weighted by Gasteiger charge is 2.07. The number of hydrogen-bond acceptors (Lipinski definition) is 3. The van der Waals surface area contributed by atoms with Crippen molar-refractivity contribution in [3.05, 3.63) is 41.9 Å². The Morgan fingerprint density at radius 1 is 1.46 bits per heavy atom. The molecule has 0 bridgehead atoms. The first-order valence-corrected chi connectivity index (χ1v) is 5.30. The molecule has 13 heavy (non-hydrogen) atoms. The minimum Gasteiger partial charge on any atom is -0.240 e. The molecule has 3 heteroatoms. The lowest BCUT2D eigenvalue weighted by Gasteiger charge is -1.95. The molecule has 0 radical (unpaired) electrons. The van der Waals surface area contributed by atoms with Gasteiger partial charge in [0.2, 0.25) is 0 Å². The normalized spacial score (nSPS) is 13.0. The molecule has 0 aliphatic rings. The molecule has 0 saturated carbocycles. The Hall–Kier alpha value is -0.800. The zero-order valence-corrected chi connectivity index (χ0v) is 8.68. The molecule has 1 unspecified atom stereocenters. The SMILES string of the molecule is C=CC(S)c1nc2ccccc2s1. The largest absolute Gasteiger partial charge is 0.240 e. The Kier molecular flexibility index (Phi) is 2.38. The van der Waals surface area contributed by atoms with Crippen molar-refractivity contribution >= 4 is 34.2 Å². The number of hydrogen-bond donors (Lipinski definition) is 1. The lowest BCUT2D eigenvalue weighted by molar-refractivity contribution is 1.19. The number of fused-ring (bicyclic) bond motifs is 1. The van der Waals surface area contributed by atoms with Gasteiger partial charge in [-0.05, 0) is 12.1 Å². The third-order valence-corrected chi connectivity index (χ3v) is 3.54. The molecule has 0 fully saturated rings. The van der Waals surface area contributed by atoms with Gasteiger partial charge < -0.3 is 0 Å². The van der Waals surface area contributed by atoms with Crippen LogP contribution in [0.1, 0.15) is 10.3 Å². The number of rotatable bonds is 2. The molecule has 0 spiro atoms. The number of nitrogens with zero attached hydrogens (tertiary/aromatic N) is 1. The van der Waals surface area contributed by atoms with Crippen molar-refractivity contribution in [3.63, 3.8) is 0 Å². The second kappa shape index (κ2) is 3.52. The second-order valence-electron chi connectivity index (χ2n) is 2.70. The van der Waals surface area contributed by atoms with Gasteiger partial charge in [0.1, 0.15) is 5.01 Å². The van der Waals surface area contributed by atoms with Crippen LogP contribution in [0, 0.1) is 0 Å². The summed E-state index contributed by atoms with van der Waals surface area (Å²) in [7, 11) is 0. The molecule has 1 atom stereocenters. The summed E-state index contributed by atoms with van der Waals surface area (Å²) in [6.45, 7) is 3.70. The molecule has 0 N–H and O–H groups in total. The molecule has 0 saturated heterocycles. The summed E-state index contributed by atoms with van der Waals surface area (Å²) in [4.78, 5) is 4.45. The molecule has 0 amide bonds. The van der Waals surface area contributed by atoms with Gasteiger partial charge in [-0.2, -0.15) is 12.6 Å². The van der Waals surface area contributed by atoms with Gasteiger partial charge in [-0.1, -0.05) is 18.2 Å². The van der Waals surface area contributed by atoms with Crippen molar-refractivity contribution in [2.75, 3.05) is 0 Å². The molecule has 1 aromatic heterocycles. The van der Waals surface area contributed by atoms with Crippen LogP contribution in [0.25, 0.3) is 10.2 Å². The van der Waals surface area contributed by atoms with E-state index in [1.165, 1.54) is 4.70 Å². The van der Waals surface area contributed by atoms with E-state index < -0.39 is 0 Å². The lowest BCUT2D eigenvalue weighted by atomic mass is 10.3. The Morgan fingerprint density at radius 3 is 2.92 bits per heavy atom. The van der Waals surface area contributed by atoms with Gasteiger partial charge in [0.25, 0.3) is 0 Å². The summed E-state index contributed by atoms with van der Waals surface area (Å²) < 4.78 is 1.21.